The molecule has 7 heteroatoms. The van der Waals surface area contributed by atoms with Crippen LogP contribution in [0.2, 0.25) is 5.02 Å². The fraction of sp³-hybridized carbons (Fsp3) is 0.0714. The third kappa shape index (κ3) is 2.81. The largest absolute Gasteiger partial charge is 0.478 e. The Morgan fingerprint density at radius 3 is 2.67 bits per heavy atom. The van der Waals surface area contributed by atoms with Gasteiger partial charge in [0.25, 0.3) is 0 Å². The molecule has 0 fully saturated rings. The van der Waals surface area contributed by atoms with Crippen LogP contribution in [0.1, 0.15) is 15.9 Å². The second-order valence-electron chi connectivity index (χ2n) is 4.41. The van der Waals surface area contributed by atoms with Crippen molar-refractivity contribution in [1.82, 2.24) is 8.75 Å². The molecule has 106 valence electrons. The van der Waals surface area contributed by atoms with Gasteiger partial charge in [0.1, 0.15) is 11.0 Å². The van der Waals surface area contributed by atoms with Crippen molar-refractivity contribution < 1.29 is 9.90 Å². The molecule has 2 N–H and O–H groups in total. The van der Waals surface area contributed by atoms with Gasteiger partial charge in [-0.2, -0.15) is 8.75 Å². The van der Waals surface area contributed by atoms with E-state index in [0.717, 1.165) is 34.0 Å². The predicted molar refractivity (Wildman–Crippen MR) is 83.2 cm³/mol. The SMILES string of the molecule is O=C(O)c1ccc(CNc2c(Cl)ccc3nsnc23)cc1. The first-order valence-electron chi connectivity index (χ1n) is 6.12. The van der Waals surface area contributed by atoms with Crippen LogP contribution < -0.4 is 5.32 Å². The molecule has 3 rings (SSSR count). The number of aromatic carboxylic acids is 1. The quantitative estimate of drug-likeness (QED) is 0.767. The van der Waals surface area contributed by atoms with Gasteiger partial charge < -0.3 is 10.4 Å². The highest BCUT2D eigenvalue weighted by Gasteiger charge is 2.09. The molecule has 2 aromatic carbocycles. The molecule has 0 unspecified atom stereocenters. The van der Waals surface area contributed by atoms with Gasteiger partial charge in [0.2, 0.25) is 0 Å². The molecular formula is C14H10ClN3O2S. The van der Waals surface area contributed by atoms with Crippen LogP contribution in [0.3, 0.4) is 0 Å². The van der Waals surface area contributed by atoms with Crippen molar-refractivity contribution in [3.05, 3.63) is 52.5 Å². The monoisotopic (exact) mass is 319 g/mol. The fourth-order valence-corrected chi connectivity index (χ4v) is 2.71. The zero-order chi connectivity index (χ0) is 14.8. The van der Waals surface area contributed by atoms with Crippen LogP contribution in [0.15, 0.2) is 36.4 Å². The first kappa shape index (κ1) is 13.8. The van der Waals surface area contributed by atoms with Gasteiger partial charge in [-0.1, -0.05) is 23.7 Å². The number of fused-ring (bicyclic) bond motifs is 1. The average Bonchev–Trinajstić information content (AvgIpc) is 2.95. The van der Waals surface area contributed by atoms with Crippen LogP contribution >= 0.6 is 23.3 Å². The van der Waals surface area contributed by atoms with Gasteiger partial charge in [-0.3, -0.25) is 0 Å². The fourth-order valence-electron chi connectivity index (χ4n) is 1.95. The highest BCUT2D eigenvalue weighted by atomic mass is 35.5. The number of nitrogens with zero attached hydrogens (tertiary/aromatic N) is 2. The highest BCUT2D eigenvalue weighted by molar-refractivity contribution is 7.00. The van der Waals surface area contributed by atoms with Crippen LogP contribution in [-0.2, 0) is 6.54 Å². The van der Waals surface area contributed by atoms with Crippen molar-refractivity contribution in [3.63, 3.8) is 0 Å². The van der Waals surface area contributed by atoms with Crippen LogP contribution in [0, 0.1) is 0 Å². The van der Waals surface area contributed by atoms with Crippen molar-refractivity contribution in [1.29, 1.82) is 0 Å². The van der Waals surface area contributed by atoms with Crippen LogP contribution in [0.4, 0.5) is 5.69 Å². The Bertz CT molecular complexity index is 802. The van der Waals surface area contributed by atoms with E-state index in [1.54, 1.807) is 30.3 Å². The van der Waals surface area contributed by atoms with E-state index in [4.69, 9.17) is 16.7 Å². The Balaban J connectivity index is 1.81. The lowest BCUT2D eigenvalue weighted by atomic mass is 10.1. The summed E-state index contributed by atoms with van der Waals surface area (Å²) in [5.41, 5.74) is 3.51. The molecule has 0 aliphatic heterocycles. The van der Waals surface area contributed by atoms with Crippen LogP contribution in [0.5, 0.6) is 0 Å². The molecule has 5 nitrogen and oxygen atoms in total. The number of rotatable bonds is 4. The topological polar surface area (TPSA) is 75.1 Å². The number of benzene rings is 2. The Morgan fingerprint density at radius 1 is 1.19 bits per heavy atom. The molecule has 3 aromatic rings. The molecule has 0 aliphatic rings. The minimum Gasteiger partial charge on any atom is -0.478 e. The molecule has 0 spiro atoms. The number of aromatic nitrogens is 2. The summed E-state index contributed by atoms with van der Waals surface area (Å²) in [6.07, 6.45) is 0. The van der Waals surface area contributed by atoms with Crippen LogP contribution in [0.25, 0.3) is 11.0 Å². The van der Waals surface area contributed by atoms with E-state index in [0.29, 0.717) is 11.6 Å². The summed E-state index contributed by atoms with van der Waals surface area (Å²) in [4.78, 5) is 10.8. The van der Waals surface area contributed by atoms with Crippen LogP contribution in [-0.4, -0.2) is 19.8 Å². The number of hydrogen-bond acceptors (Lipinski definition) is 5. The molecule has 0 aliphatic carbocycles. The van der Waals surface area contributed by atoms with Gasteiger partial charge in [-0.25, -0.2) is 4.79 Å². The Labute approximate surface area is 129 Å². The summed E-state index contributed by atoms with van der Waals surface area (Å²) >= 11 is 7.33. The summed E-state index contributed by atoms with van der Waals surface area (Å²) < 4.78 is 8.41. The van der Waals surface area contributed by atoms with Crippen molar-refractivity contribution >= 4 is 46.0 Å². The van der Waals surface area contributed by atoms with Gasteiger partial charge in [0, 0.05) is 6.54 Å². The van der Waals surface area contributed by atoms with E-state index in [2.05, 4.69) is 14.1 Å². The standard InChI is InChI=1S/C14H10ClN3O2S/c15-10-5-6-11-13(18-21-17-11)12(10)16-7-8-1-3-9(4-2-8)14(19)20/h1-6,16H,7H2,(H,19,20). The first-order valence-corrected chi connectivity index (χ1v) is 7.23. The maximum Gasteiger partial charge on any atom is 0.335 e. The summed E-state index contributed by atoms with van der Waals surface area (Å²) in [5.74, 6) is -0.934. The Morgan fingerprint density at radius 2 is 1.95 bits per heavy atom. The molecule has 0 radical (unpaired) electrons. The van der Waals surface area contributed by atoms with Crippen molar-refractivity contribution in [2.45, 2.75) is 6.54 Å². The smallest absolute Gasteiger partial charge is 0.335 e. The molecule has 0 saturated carbocycles. The molecule has 0 amide bonds. The maximum absolute atomic E-state index is 10.8. The number of anilines is 1. The zero-order valence-corrected chi connectivity index (χ0v) is 12.3. The molecule has 0 bridgehead atoms. The van der Waals surface area contributed by atoms with E-state index in [1.807, 2.05) is 6.07 Å². The zero-order valence-electron chi connectivity index (χ0n) is 10.7. The van der Waals surface area contributed by atoms with E-state index < -0.39 is 5.97 Å². The minimum atomic E-state index is -0.934. The van der Waals surface area contributed by atoms with Crippen molar-refractivity contribution in [2.24, 2.45) is 0 Å². The third-order valence-corrected chi connectivity index (χ3v) is 3.90. The van der Waals surface area contributed by atoms with Gasteiger partial charge in [0.05, 0.1) is 28.0 Å². The second-order valence-corrected chi connectivity index (χ2v) is 5.35. The molecule has 1 aromatic heterocycles. The first-order chi connectivity index (χ1) is 10.1. The van der Waals surface area contributed by atoms with E-state index in [1.165, 1.54) is 0 Å². The second kappa shape index (κ2) is 5.67. The Hall–Kier alpha value is -2.18. The predicted octanol–water partition coefficient (Wildman–Crippen LogP) is 3.66. The maximum atomic E-state index is 10.8. The average molecular weight is 320 g/mol. The van der Waals surface area contributed by atoms with Gasteiger partial charge in [0.15, 0.2) is 0 Å². The number of carboxylic acid groups (broad SMARTS) is 1. The lowest BCUT2D eigenvalue weighted by molar-refractivity contribution is 0.0697. The highest BCUT2D eigenvalue weighted by Crippen LogP contribution is 2.30. The lowest BCUT2D eigenvalue weighted by Crippen LogP contribution is -2.02. The van der Waals surface area contributed by atoms with Gasteiger partial charge >= 0.3 is 5.97 Å². The number of hydrogen-bond donors (Lipinski definition) is 2. The third-order valence-electron chi connectivity index (χ3n) is 3.05. The summed E-state index contributed by atoms with van der Waals surface area (Å²) in [6.45, 7) is 0.524. The number of nitrogens with one attached hydrogen (secondary N) is 1. The summed E-state index contributed by atoms with van der Waals surface area (Å²) in [7, 11) is 0. The summed E-state index contributed by atoms with van der Waals surface area (Å²) in [5, 5.41) is 12.7. The normalized spacial score (nSPS) is 10.7. The minimum absolute atomic E-state index is 0.266. The molecular weight excluding hydrogens is 310 g/mol. The van der Waals surface area contributed by atoms with Crippen molar-refractivity contribution in [3.8, 4) is 0 Å². The van der Waals surface area contributed by atoms with E-state index in [-0.39, 0.29) is 5.56 Å². The van der Waals surface area contributed by atoms with Gasteiger partial charge in [-0.15, -0.1) is 0 Å². The number of carboxylic acids is 1. The van der Waals surface area contributed by atoms with Gasteiger partial charge in [-0.05, 0) is 29.8 Å². The van der Waals surface area contributed by atoms with E-state index in [9.17, 15) is 4.79 Å². The summed E-state index contributed by atoms with van der Waals surface area (Å²) in [6, 6.07) is 10.3. The number of carbonyl (C=O) groups is 1. The van der Waals surface area contributed by atoms with E-state index >= 15 is 0 Å². The molecule has 0 saturated heterocycles. The molecule has 21 heavy (non-hydrogen) atoms. The Kier molecular flexibility index (Phi) is 3.72. The molecule has 1 heterocycles. The number of halogens is 1. The molecule has 0 atom stereocenters. The lowest BCUT2D eigenvalue weighted by Gasteiger charge is -2.09. The van der Waals surface area contributed by atoms with Crippen molar-refractivity contribution in [2.75, 3.05) is 5.32 Å².